The van der Waals surface area contributed by atoms with Crippen LogP contribution in [0.2, 0.25) is 0 Å². The summed E-state index contributed by atoms with van der Waals surface area (Å²) in [7, 11) is -3.49. The van der Waals surface area contributed by atoms with E-state index in [1.807, 2.05) is 44.2 Å². The molecule has 318 valence electrons. The Balaban J connectivity index is 1.28. The second-order valence-corrected chi connectivity index (χ2v) is 17.0. The first-order valence-corrected chi connectivity index (χ1v) is 21.5. The van der Waals surface area contributed by atoms with E-state index in [0.717, 1.165) is 58.4 Å². The van der Waals surface area contributed by atoms with Gasteiger partial charge in [-0.1, -0.05) is 30.3 Å². The molecule has 0 saturated carbocycles. The van der Waals surface area contributed by atoms with Gasteiger partial charge < -0.3 is 39.2 Å². The summed E-state index contributed by atoms with van der Waals surface area (Å²) in [6, 6.07) is 15.9. The number of hydrogen-bond acceptors (Lipinski definition) is 13. The minimum absolute atomic E-state index is 0.0155. The van der Waals surface area contributed by atoms with E-state index in [4.69, 9.17) is 18.9 Å². The van der Waals surface area contributed by atoms with Gasteiger partial charge in [0.15, 0.2) is 9.84 Å². The van der Waals surface area contributed by atoms with Gasteiger partial charge in [0.05, 0.1) is 31.3 Å². The molecule has 3 aromatic carbocycles. The summed E-state index contributed by atoms with van der Waals surface area (Å²) in [5.41, 5.74) is 6.12. The number of carboxylic acids is 1. The van der Waals surface area contributed by atoms with Gasteiger partial charge in [0.2, 0.25) is 0 Å². The number of rotatable bonds is 21. The van der Waals surface area contributed by atoms with Crippen LogP contribution in [0, 0.1) is 26.2 Å². The molecule has 59 heavy (non-hydrogen) atoms. The molecule has 4 N–H and O–H groups in total. The number of nitrogens with zero attached hydrogens (tertiary/aromatic N) is 2. The lowest BCUT2D eigenvalue weighted by Gasteiger charge is -2.24. The fourth-order valence-corrected chi connectivity index (χ4v) is 7.76. The van der Waals surface area contributed by atoms with Crippen molar-refractivity contribution in [1.29, 1.82) is 0 Å². The van der Waals surface area contributed by atoms with Crippen molar-refractivity contribution in [2.45, 2.75) is 71.2 Å². The number of aliphatic hydroxyl groups is 2. The van der Waals surface area contributed by atoms with Crippen molar-refractivity contribution >= 4 is 21.8 Å². The molecule has 15 heteroatoms. The van der Waals surface area contributed by atoms with E-state index in [2.05, 4.69) is 34.3 Å². The maximum absolute atomic E-state index is 12.5. The Morgan fingerprint density at radius 3 is 2.34 bits per heavy atom. The highest BCUT2D eigenvalue weighted by Crippen LogP contribution is 2.36. The van der Waals surface area contributed by atoms with E-state index in [9.17, 15) is 33.3 Å². The molecule has 0 aliphatic carbocycles. The molecule has 1 aromatic heterocycles. The smallest absolute Gasteiger partial charge is 0.323 e. The zero-order valence-corrected chi connectivity index (χ0v) is 35.1. The van der Waals surface area contributed by atoms with Crippen molar-refractivity contribution in [3.8, 4) is 28.4 Å². The topological polar surface area (TPSA) is 194 Å². The van der Waals surface area contributed by atoms with Crippen LogP contribution in [-0.2, 0) is 43.9 Å². The lowest BCUT2D eigenvalue weighted by Crippen LogP contribution is -2.39. The molecule has 2 atom stereocenters. The van der Waals surface area contributed by atoms with Crippen LogP contribution in [0.15, 0.2) is 71.9 Å². The van der Waals surface area contributed by atoms with Crippen molar-refractivity contribution in [3.05, 3.63) is 100 Å². The lowest BCUT2D eigenvalue weighted by molar-refractivity contribution is -0.157. The molecule has 2 heterocycles. The lowest BCUT2D eigenvalue weighted by atomic mass is 9.88. The first-order valence-electron chi connectivity index (χ1n) is 19.6. The first-order chi connectivity index (χ1) is 28.2. The average molecular weight is 834 g/mol. The Labute approximate surface area is 346 Å². The number of sulfone groups is 1. The summed E-state index contributed by atoms with van der Waals surface area (Å²) in [6.07, 6.45) is 5.21. The van der Waals surface area contributed by atoms with E-state index in [0.29, 0.717) is 48.7 Å². The number of ether oxygens (including phenoxy) is 4. The predicted molar refractivity (Wildman–Crippen MR) is 221 cm³/mol. The largest absolute Gasteiger partial charge is 0.493 e. The maximum atomic E-state index is 12.5. The van der Waals surface area contributed by atoms with Gasteiger partial charge >= 0.3 is 11.9 Å². The number of pyridine rings is 1. The van der Waals surface area contributed by atoms with Crippen molar-refractivity contribution in [2.75, 3.05) is 52.3 Å². The van der Waals surface area contributed by atoms with E-state index < -0.39 is 33.9 Å². The fourth-order valence-electron chi connectivity index (χ4n) is 7.14. The highest BCUT2D eigenvalue weighted by atomic mass is 32.2. The average Bonchev–Trinajstić information content (AvgIpc) is 3.64. The third-order valence-corrected chi connectivity index (χ3v) is 11.8. The molecule has 0 amide bonds. The number of aryl methyl sites for hydroxylation is 1. The first kappa shape index (κ1) is 45.0. The molecule has 1 fully saturated rings. The van der Waals surface area contributed by atoms with E-state index >= 15 is 0 Å². The Kier molecular flexibility index (Phi) is 15.5. The molecule has 1 saturated heterocycles. The van der Waals surface area contributed by atoms with E-state index in [-0.39, 0.29) is 43.8 Å². The summed E-state index contributed by atoms with van der Waals surface area (Å²) >= 11 is 0. The molecule has 0 spiro atoms. The molecule has 1 aliphatic rings. The Morgan fingerprint density at radius 2 is 1.64 bits per heavy atom. The molecule has 0 radical (unpaired) electrons. The van der Waals surface area contributed by atoms with Crippen molar-refractivity contribution in [3.63, 3.8) is 0 Å². The van der Waals surface area contributed by atoms with Crippen LogP contribution in [0.25, 0.3) is 11.1 Å². The summed E-state index contributed by atoms with van der Waals surface area (Å²) in [4.78, 5) is 30.4. The minimum atomic E-state index is -3.49. The Bertz CT molecular complexity index is 2210. The van der Waals surface area contributed by atoms with Gasteiger partial charge in [0.25, 0.3) is 0 Å². The zero-order chi connectivity index (χ0) is 42.7. The van der Waals surface area contributed by atoms with Gasteiger partial charge in [-0.3, -0.25) is 19.9 Å². The quantitative estimate of drug-likeness (QED) is 0.0662. The molecule has 4 aromatic rings. The SMILES string of the molecule is CCOC(=O)C1(CO)CCN(CCCOc2cccc(-c3cccc(COc4cc(OCc5cncc(S(C)(=O)=O)c5)c(CN[C@H](CO)C(=O)O)cc4C)c3C)c2C)C1. The monoisotopic (exact) mass is 833 g/mol. The number of carboxylic acid groups (broad SMARTS) is 1. The summed E-state index contributed by atoms with van der Waals surface area (Å²) < 4.78 is 48.3. The van der Waals surface area contributed by atoms with Gasteiger partial charge in [0, 0.05) is 55.5 Å². The van der Waals surface area contributed by atoms with Crippen LogP contribution in [0.4, 0.5) is 0 Å². The van der Waals surface area contributed by atoms with Gasteiger partial charge in [-0.25, -0.2) is 8.42 Å². The van der Waals surface area contributed by atoms with Gasteiger partial charge in [-0.2, -0.15) is 0 Å². The van der Waals surface area contributed by atoms with Gasteiger partial charge in [0.1, 0.15) is 41.9 Å². The van der Waals surface area contributed by atoms with Crippen LogP contribution in [0.5, 0.6) is 17.2 Å². The van der Waals surface area contributed by atoms with Gasteiger partial charge in [-0.15, -0.1) is 0 Å². The van der Waals surface area contributed by atoms with Crippen LogP contribution >= 0.6 is 0 Å². The normalized spacial score (nSPS) is 16.1. The zero-order valence-electron chi connectivity index (χ0n) is 34.3. The van der Waals surface area contributed by atoms with Crippen LogP contribution in [0.1, 0.15) is 53.1 Å². The fraction of sp³-hybridized carbons (Fsp3) is 0.432. The number of likely N-dealkylation sites (tertiary alicyclic amines) is 1. The van der Waals surface area contributed by atoms with Crippen molar-refractivity contribution in [2.24, 2.45) is 5.41 Å². The number of nitrogens with one attached hydrogen (secondary N) is 1. The van der Waals surface area contributed by atoms with Crippen LogP contribution < -0.4 is 19.5 Å². The number of esters is 1. The number of carbonyl (C=O) groups is 2. The second-order valence-electron chi connectivity index (χ2n) is 15.0. The van der Waals surface area contributed by atoms with Crippen LogP contribution in [0.3, 0.4) is 0 Å². The maximum Gasteiger partial charge on any atom is 0.323 e. The van der Waals surface area contributed by atoms with E-state index in [1.54, 1.807) is 13.0 Å². The number of hydrogen-bond donors (Lipinski definition) is 4. The standard InChI is InChI=1S/C44H55N3O11S/c1-6-55-43(52)44(28-49)14-16-47(27-44)15-9-17-56-39-13-8-12-37(31(39)4)36-11-7-10-33(30(36)3)26-58-40-20-41(34(18-29(40)2)22-46-38(24-48)42(50)51)57-25-32-19-35(23-45-21-32)59(5,53)54/h7-8,10-13,18-21,23,38,46,48-49H,6,9,14-17,22,24-28H2,1-5H3,(H,50,51)/t38-,44?/m1/s1. The molecule has 14 nitrogen and oxygen atoms in total. The predicted octanol–water partition coefficient (Wildman–Crippen LogP) is 4.79. The molecular weight excluding hydrogens is 779 g/mol. The summed E-state index contributed by atoms with van der Waals surface area (Å²) in [5, 5.41) is 31.8. The highest BCUT2D eigenvalue weighted by Gasteiger charge is 2.45. The van der Waals surface area contributed by atoms with Crippen molar-refractivity contribution in [1.82, 2.24) is 15.2 Å². The minimum Gasteiger partial charge on any atom is -0.493 e. The molecule has 0 bridgehead atoms. The summed E-state index contributed by atoms with van der Waals surface area (Å²) in [6.45, 7) is 9.89. The van der Waals surface area contributed by atoms with Gasteiger partial charge in [-0.05, 0) is 98.7 Å². The molecular formula is C44H55N3O11S. The third-order valence-electron chi connectivity index (χ3n) is 10.7. The molecule has 5 rings (SSSR count). The third kappa shape index (κ3) is 11.4. The number of benzene rings is 3. The Hall–Kier alpha value is -5.06. The molecule has 1 unspecified atom stereocenters. The summed E-state index contributed by atoms with van der Waals surface area (Å²) in [5.74, 6) is 0.180. The number of aromatic nitrogens is 1. The van der Waals surface area contributed by atoms with Crippen molar-refractivity contribution < 1.29 is 52.3 Å². The highest BCUT2D eigenvalue weighted by molar-refractivity contribution is 7.90. The second kappa shape index (κ2) is 20.3. The number of carbonyl (C=O) groups excluding carboxylic acids is 1. The Morgan fingerprint density at radius 1 is 0.915 bits per heavy atom. The number of aliphatic hydroxyl groups excluding tert-OH is 2. The van der Waals surface area contributed by atoms with Crippen LogP contribution in [-0.4, -0.2) is 104 Å². The van der Waals surface area contributed by atoms with E-state index in [1.165, 1.54) is 18.5 Å². The number of aliphatic carboxylic acids is 1. The molecule has 1 aliphatic heterocycles.